The van der Waals surface area contributed by atoms with Gasteiger partial charge in [-0.05, 0) is 25.5 Å². The molecule has 2 aromatic rings. The second kappa shape index (κ2) is 6.42. The molecule has 1 N–H and O–H groups in total. The lowest BCUT2D eigenvalue weighted by molar-refractivity contribution is -0.139. The number of hydrogen-bond donors (Lipinski definition) is 1. The Labute approximate surface area is 124 Å². The number of carbonyl (C=O) groups is 1. The topological polar surface area (TPSA) is 68.7 Å². The SMILES string of the molecule is CCC(C)N(CC(=O)O)Cc1cn2ccccc2c1C#N. The zero-order valence-electron chi connectivity index (χ0n) is 12.3. The highest BCUT2D eigenvalue weighted by molar-refractivity contribution is 5.69. The molecule has 1 unspecified atom stereocenters. The van der Waals surface area contributed by atoms with E-state index >= 15 is 0 Å². The van der Waals surface area contributed by atoms with Crippen molar-refractivity contribution in [2.24, 2.45) is 0 Å². The molecule has 21 heavy (non-hydrogen) atoms. The Kier molecular flexibility index (Phi) is 4.61. The molecular weight excluding hydrogens is 266 g/mol. The van der Waals surface area contributed by atoms with Gasteiger partial charge in [0.1, 0.15) is 6.07 Å². The first kappa shape index (κ1) is 15.1. The van der Waals surface area contributed by atoms with Crippen molar-refractivity contribution in [2.45, 2.75) is 32.9 Å². The number of fused-ring (bicyclic) bond motifs is 1. The van der Waals surface area contributed by atoms with Crippen LogP contribution in [0.1, 0.15) is 31.4 Å². The maximum absolute atomic E-state index is 11.0. The minimum absolute atomic E-state index is 0.0218. The van der Waals surface area contributed by atoms with E-state index in [1.165, 1.54) is 0 Å². The molecule has 0 bridgehead atoms. The number of rotatable bonds is 6. The zero-order valence-corrected chi connectivity index (χ0v) is 12.3. The molecule has 0 aliphatic rings. The third-order valence-corrected chi connectivity index (χ3v) is 3.80. The van der Waals surface area contributed by atoms with Crippen LogP contribution in [-0.4, -0.2) is 33.0 Å². The number of carboxylic acid groups (broad SMARTS) is 1. The largest absolute Gasteiger partial charge is 0.480 e. The van der Waals surface area contributed by atoms with Crippen molar-refractivity contribution in [1.29, 1.82) is 5.26 Å². The van der Waals surface area contributed by atoms with E-state index in [0.717, 1.165) is 17.5 Å². The molecule has 0 spiro atoms. The maximum Gasteiger partial charge on any atom is 0.317 e. The Morgan fingerprint density at radius 2 is 2.29 bits per heavy atom. The first-order valence-corrected chi connectivity index (χ1v) is 7.01. The van der Waals surface area contributed by atoms with E-state index in [2.05, 4.69) is 6.07 Å². The summed E-state index contributed by atoms with van der Waals surface area (Å²) in [6, 6.07) is 8.08. The number of aliphatic carboxylic acids is 1. The summed E-state index contributed by atoms with van der Waals surface area (Å²) in [5.74, 6) is -0.849. The van der Waals surface area contributed by atoms with E-state index in [9.17, 15) is 10.1 Å². The average molecular weight is 285 g/mol. The lowest BCUT2D eigenvalue weighted by Gasteiger charge is -2.26. The molecule has 0 aliphatic heterocycles. The number of nitrogens with zero attached hydrogens (tertiary/aromatic N) is 3. The van der Waals surface area contributed by atoms with Crippen molar-refractivity contribution in [3.05, 3.63) is 41.7 Å². The van der Waals surface area contributed by atoms with Crippen molar-refractivity contribution >= 4 is 11.5 Å². The van der Waals surface area contributed by atoms with E-state index in [1.807, 2.05) is 53.7 Å². The van der Waals surface area contributed by atoms with Gasteiger partial charge in [0.2, 0.25) is 0 Å². The molecule has 0 amide bonds. The van der Waals surface area contributed by atoms with Crippen molar-refractivity contribution in [1.82, 2.24) is 9.30 Å². The Hall–Kier alpha value is -2.32. The first-order valence-electron chi connectivity index (χ1n) is 7.01. The normalized spacial score (nSPS) is 12.5. The highest BCUT2D eigenvalue weighted by Gasteiger charge is 2.19. The van der Waals surface area contributed by atoms with E-state index in [1.54, 1.807) is 0 Å². The molecule has 0 radical (unpaired) electrons. The molecule has 0 saturated carbocycles. The highest BCUT2D eigenvalue weighted by Crippen LogP contribution is 2.20. The monoisotopic (exact) mass is 285 g/mol. The lowest BCUT2D eigenvalue weighted by Crippen LogP contribution is -2.36. The van der Waals surface area contributed by atoms with Gasteiger partial charge in [0.15, 0.2) is 0 Å². The zero-order chi connectivity index (χ0) is 15.4. The number of aromatic nitrogens is 1. The molecule has 2 aromatic heterocycles. The van der Waals surface area contributed by atoms with Crippen molar-refractivity contribution < 1.29 is 9.90 Å². The van der Waals surface area contributed by atoms with Crippen LogP contribution in [0.2, 0.25) is 0 Å². The Bertz CT molecular complexity index is 684. The van der Waals surface area contributed by atoms with Crippen LogP contribution in [0.25, 0.3) is 5.52 Å². The van der Waals surface area contributed by atoms with E-state index < -0.39 is 5.97 Å². The maximum atomic E-state index is 11.0. The smallest absolute Gasteiger partial charge is 0.317 e. The molecule has 110 valence electrons. The fraction of sp³-hybridized carbons (Fsp3) is 0.375. The summed E-state index contributed by atoms with van der Waals surface area (Å²) in [4.78, 5) is 12.9. The standard InChI is InChI=1S/C16H19N3O2/c1-3-12(2)19(11-16(20)21)10-13-9-18-7-5-4-6-15(18)14(13)8-17/h4-7,9,12H,3,10-11H2,1-2H3,(H,20,21). The van der Waals surface area contributed by atoms with Gasteiger partial charge < -0.3 is 9.51 Å². The summed E-state index contributed by atoms with van der Waals surface area (Å²) in [6.07, 6.45) is 4.66. The van der Waals surface area contributed by atoms with Gasteiger partial charge in [-0.3, -0.25) is 9.69 Å². The Balaban J connectivity index is 2.36. The summed E-state index contributed by atoms with van der Waals surface area (Å²) in [5.41, 5.74) is 2.34. The van der Waals surface area contributed by atoms with Crippen LogP contribution in [0, 0.1) is 11.3 Å². The molecule has 2 heterocycles. The average Bonchev–Trinajstić information content (AvgIpc) is 2.82. The van der Waals surface area contributed by atoms with Gasteiger partial charge in [-0.15, -0.1) is 0 Å². The predicted molar refractivity (Wildman–Crippen MR) is 79.9 cm³/mol. The van der Waals surface area contributed by atoms with Crippen molar-refractivity contribution in [3.8, 4) is 6.07 Å². The van der Waals surface area contributed by atoms with E-state index in [0.29, 0.717) is 12.1 Å². The van der Waals surface area contributed by atoms with Gasteiger partial charge in [-0.25, -0.2) is 0 Å². The molecule has 0 aliphatic carbocycles. The Morgan fingerprint density at radius 3 is 2.90 bits per heavy atom. The second-order valence-corrected chi connectivity index (χ2v) is 5.19. The summed E-state index contributed by atoms with van der Waals surface area (Å²) < 4.78 is 1.91. The molecule has 0 aromatic carbocycles. The summed E-state index contributed by atoms with van der Waals surface area (Å²) in [6.45, 7) is 4.48. The van der Waals surface area contributed by atoms with Crippen LogP contribution >= 0.6 is 0 Å². The predicted octanol–water partition coefficient (Wildman–Crippen LogP) is 2.50. The number of hydrogen-bond acceptors (Lipinski definition) is 3. The highest BCUT2D eigenvalue weighted by atomic mass is 16.4. The van der Waals surface area contributed by atoms with Gasteiger partial charge in [0.05, 0.1) is 17.6 Å². The van der Waals surface area contributed by atoms with Crippen molar-refractivity contribution in [2.75, 3.05) is 6.54 Å². The van der Waals surface area contributed by atoms with Crippen LogP contribution in [0.3, 0.4) is 0 Å². The van der Waals surface area contributed by atoms with Crippen LogP contribution in [0.15, 0.2) is 30.6 Å². The van der Waals surface area contributed by atoms with Gasteiger partial charge in [-0.2, -0.15) is 5.26 Å². The fourth-order valence-corrected chi connectivity index (χ4v) is 2.44. The van der Waals surface area contributed by atoms with E-state index in [-0.39, 0.29) is 12.6 Å². The molecule has 5 heteroatoms. The number of nitriles is 1. The van der Waals surface area contributed by atoms with Crippen molar-refractivity contribution in [3.63, 3.8) is 0 Å². The third kappa shape index (κ3) is 3.23. The van der Waals surface area contributed by atoms with Gasteiger partial charge in [-0.1, -0.05) is 13.0 Å². The van der Waals surface area contributed by atoms with Gasteiger partial charge in [0.25, 0.3) is 0 Å². The lowest BCUT2D eigenvalue weighted by atomic mass is 10.1. The van der Waals surface area contributed by atoms with Crippen LogP contribution < -0.4 is 0 Å². The molecule has 0 fully saturated rings. The number of carboxylic acids is 1. The second-order valence-electron chi connectivity index (χ2n) is 5.19. The summed E-state index contributed by atoms with van der Waals surface area (Å²) in [5, 5.41) is 18.5. The third-order valence-electron chi connectivity index (χ3n) is 3.80. The summed E-state index contributed by atoms with van der Waals surface area (Å²) in [7, 11) is 0. The molecule has 0 saturated heterocycles. The van der Waals surface area contributed by atoms with Crippen LogP contribution in [-0.2, 0) is 11.3 Å². The van der Waals surface area contributed by atoms with Gasteiger partial charge >= 0.3 is 5.97 Å². The molecule has 1 atom stereocenters. The quantitative estimate of drug-likeness (QED) is 0.885. The van der Waals surface area contributed by atoms with Gasteiger partial charge in [0, 0.05) is 30.5 Å². The fourth-order valence-electron chi connectivity index (χ4n) is 2.44. The minimum atomic E-state index is -0.849. The molecule has 2 rings (SSSR count). The van der Waals surface area contributed by atoms with Crippen LogP contribution in [0.5, 0.6) is 0 Å². The minimum Gasteiger partial charge on any atom is -0.480 e. The number of pyridine rings is 1. The van der Waals surface area contributed by atoms with E-state index in [4.69, 9.17) is 5.11 Å². The summed E-state index contributed by atoms with van der Waals surface area (Å²) >= 11 is 0. The Morgan fingerprint density at radius 1 is 1.52 bits per heavy atom. The van der Waals surface area contributed by atoms with Crippen LogP contribution in [0.4, 0.5) is 0 Å². The molecule has 5 nitrogen and oxygen atoms in total. The molecular formula is C16H19N3O2. The first-order chi connectivity index (χ1) is 10.1.